The molecule has 0 atom stereocenters. The minimum absolute atomic E-state index is 0.368. The summed E-state index contributed by atoms with van der Waals surface area (Å²) in [5.74, 6) is 1.75. The summed E-state index contributed by atoms with van der Waals surface area (Å²) >= 11 is 5.77. The first-order chi connectivity index (χ1) is 6.54. The van der Waals surface area contributed by atoms with Crippen molar-refractivity contribution in [2.24, 2.45) is 0 Å². The highest BCUT2D eigenvalue weighted by molar-refractivity contribution is 8.00. The van der Waals surface area contributed by atoms with Gasteiger partial charge < -0.3 is 0 Å². The molecule has 0 amide bonds. The summed E-state index contributed by atoms with van der Waals surface area (Å²) in [6, 6.07) is 6.92. The van der Waals surface area contributed by atoms with Crippen molar-refractivity contribution in [2.75, 3.05) is 17.8 Å². The normalized spacial score (nSPS) is 11.6. The lowest BCUT2D eigenvalue weighted by atomic mass is 10.4. The van der Waals surface area contributed by atoms with Crippen molar-refractivity contribution in [1.29, 1.82) is 0 Å². The lowest BCUT2D eigenvalue weighted by Gasteiger charge is -2.01. The molecular formula is C9H12O2S3. The maximum Gasteiger partial charge on any atom is 0.175 e. The van der Waals surface area contributed by atoms with Crippen molar-refractivity contribution in [3.8, 4) is 0 Å². The summed E-state index contributed by atoms with van der Waals surface area (Å²) in [4.78, 5) is 1.44. The number of benzene rings is 1. The molecule has 1 aromatic carbocycles. The van der Waals surface area contributed by atoms with Crippen LogP contribution in [0.25, 0.3) is 0 Å². The van der Waals surface area contributed by atoms with E-state index in [0.29, 0.717) is 4.90 Å². The number of sulfone groups is 1. The second kappa shape index (κ2) is 5.09. The molecule has 1 aromatic rings. The highest BCUT2D eigenvalue weighted by atomic mass is 32.2. The molecule has 5 heteroatoms. The molecular weight excluding hydrogens is 236 g/mol. The SMILES string of the molecule is CS(=O)(=O)c1ccc(SCCS)cc1. The summed E-state index contributed by atoms with van der Waals surface area (Å²) in [5, 5.41) is 0. The summed E-state index contributed by atoms with van der Waals surface area (Å²) < 4.78 is 22.3. The first-order valence-corrected chi connectivity index (χ1v) is 7.59. The number of rotatable bonds is 4. The quantitative estimate of drug-likeness (QED) is 0.654. The van der Waals surface area contributed by atoms with Gasteiger partial charge in [-0.3, -0.25) is 0 Å². The summed E-state index contributed by atoms with van der Waals surface area (Å²) in [7, 11) is -3.06. The fraction of sp³-hybridized carbons (Fsp3) is 0.333. The minimum atomic E-state index is -3.06. The second-order valence-corrected chi connectivity index (χ2v) is 6.45. The van der Waals surface area contributed by atoms with Crippen LogP contribution in [0.3, 0.4) is 0 Å². The van der Waals surface area contributed by atoms with Gasteiger partial charge in [-0.2, -0.15) is 12.6 Å². The Labute approximate surface area is 94.4 Å². The fourth-order valence-electron chi connectivity index (χ4n) is 0.947. The van der Waals surface area contributed by atoms with Gasteiger partial charge in [0.15, 0.2) is 9.84 Å². The number of hydrogen-bond donors (Lipinski definition) is 1. The van der Waals surface area contributed by atoms with Gasteiger partial charge in [0.05, 0.1) is 4.90 Å². The molecule has 0 aromatic heterocycles. The summed E-state index contributed by atoms with van der Waals surface area (Å²) in [6.07, 6.45) is 1.21. The molecule has 0 aliphatic heterocycles. The van der Waals surface area contributed by atoms with E-state index >= 15 is 0 Å². The Hall–Kier alpha value is -0.130. The predicted octanol–water partition coefficient (Wildman–Crippen LogP) is 2.11. The Morgan fingerprint density at radius 2 is 1.86 bits per heavy atom. The molecule has 1 rings (SSSR count). The van der Waals surface area contributed by atoms with Crippen LogP contribution in [-0.2, 0) is 9.84 Å². The Bertz CT molecular complexity index is 381. The van der Waals surface area contributed by atoms with Gasteiger partial charge in [0, 0.05) is 16.9 Å². The van der Waals surface area contributed by atoms with Crippen molar-refractivity contribution in [3.05, 3.63) is 24.3 Å². The molecule has 0 N–H and O–H groups in total. The average molecular weight is 248 g/mol. The molecule has 14 heavy (non-hydrogen) atoms. The maximum atomic E-state index is 11.1. The molecule has 0 aliphatic rings. The van der Waals surface area contributed by atoms with Crippen LogP contribution in [0.1, 0.15) is 0 Å². The van der Waals surface area contributed by atoms with Crippen molar-refractivity contribution in [1.82, 2.24) is 0 Å². The first-order valence-electron chi connectivity index (χ1n) is 4.08. The zero-order valence-corrected chi connectivity index (χ0v) is 10.3. The van der Waals surface area contributed by atoms with Gasteiger partial charge in [-0.1, -0.05) is 0 Å². The largest absolute Gasteiger partial charge is 0.224 e. The zero-order valence-electron chi connectivity index (χ0n) is 7.80. The molecule has 0 bridgehead atoms. The second-order valence-electron chi connectivity index (χ2n) is 2.82. The van der Waals surface area contributed by atoms with Crippen LogP contribution >= 0.6 is 24.4 Å². The van der Waals surface area contributed by atoms with Crippen LogP contribution in [-0.4, -0.2) is 26.2 Å². The Morgan fingerprint density at radius 3 is 2.29 bits per heavy atom. The Balaban J connectivity index is 2.79. The van der Waals surface area contributed by atoms with E-state index in [1.165, 1.54) is 6.26 Å². The van der Waals surface area contributed by atoms with E-state index in [0.717, 1.165) is 16.4 Å². The topological polar surface area (TPSA) is 34.1 Å². The van der Waals surface area contributed by atoms with Crippen molar-refractivity contribution in [2.45, 2.75) is 9.79 Å². The molecule has 0 unspecified atom stereocenters. The smallest absolute Gasteiger partial charge is 0.175 e. The van der Waals surface area contributed by atoms with E-state index in [2.05, 4.69) is 12.6 Å². The third-order valence-electron chi connectivity index (χ3n) is 1.61. The molecule has 0 radical (unpaired) electrons. The lowest BCUT2D eigenvalue weighted by molar-refractivity contribution is 0.602. The van der Waals surface area contributed by atoms with E-state index in [4.69, 9.17) is 0 Å². The minimum Gasteiger partial charge on any atom is -0.224 e. The third kappa shape index (κ3) is 3.55. The van der Waals surface area contributed by atoms with Gasteiger partial charge in [-0.05, 0) is 30.0 Å². The molecule has 2 nitrogen and oxygen atoms in total. The zero-order chi connectivity index (χ0) is 10.6. The summed E-state index contributed by atoms with van der Waals surface area (Å²) in [6.45, 7) is 0. The molecule has 0 fully saturated rings. The fourth-order valence-corrected chi connectivity index (χ4v) is 2.51. The average Bonchev–Trinajstić information content (AvgIpc) is 2.14. The van der Waals surface area contributed by atoms with Crippen LogP contribution in [0.2, 0.25) is 0 Å². The van der Waals surface area contributed by atoms with Crippen molar-refractivity contribution < 1.29 is 8.42 Å². The lowest BCUT2D eigenvalue weighted by Crippen LogP contribution is -1.96. The Kier molecular flexibility index (Phi) is 4.34. The van der Waals surface area contributed by atoms with E-state index in [9.17, 15) is 8.42 Å². The van der Waals surface area contributed by atoms with Crippen molar-refractivity contribution in [3.63, 3.8) is 0 Å². The van der Waals surface area contributed by atoms with Gasteiger partial charge in [-0.15, -0.1) is 11.8 Å². The molecule has 78 valence electrons. The molecule has 0 spiro atoms. The van der Waals surface area contributed by atoms with Gasteiger partial charge >= 0.3 is 0 Å². The van der Waals surface area contributed by atoms with Crippen LogP contribution in [0, 0.1) is 0 Å². The van der Waals surface area contributed by atoms with E-state index in [1.54, 1.807) is 23.9 Å². The number of hydrogen-bond acceptors (Lipinski definition) is 4. The van der Waals surface area contributed by atoms with E-state index in [-0.39, 0.29) is 0 Å². The van der Waals surface area contributed by atoms with Gasteiger partial charge in [0.2, 0.25) is 0 Å². The molecule has 0 saturated carbocycles. The van der Waals surface area contributed by atoms with Crippen LogP contribution in [0.15, 0.2) is 34.1 Å². The van der Waals surface area contributed by atoms with Gasteiger partial charge in [0.1, 0.15) is 0 Å². The monoisotopic (exact) mass is 248 g/mol. The Morgan fingerprint density at radius 1 is 1.29 bits per heavy atom. The third-order valence-corrected chi connectivity index (χ3v) is 4.28. The number of thiol groups is 1. The highest BCUT2D eigenvalue weighted by Gasteiger charge is 2.05. The molecule has 0 saturated heterocycles. The summed E-state index contributed by atoms with van der Waals surface area (Å²) in [5.41, 5.74) is 0. The van der Waals surface area contributed by atoms with Crippen LogP contribution in [0.4, 0.5) is 0 Å². The van der Waals surface area contributed by atoms with E-state index < -0.39 is 9.84 Å². The molecule has 0 aliphatic carbocycles. The number of thioether (sulfide) groups is 1. The van der Waals surface area contributed by atoms with Crippen molar-refractivity contribution >= 4 is 34.2 Å². The van der Waals surface area contributed by atoms with Gasteiger partial charge in [0.25, 0.3) is 0 Å². The standard InChI is InChI=1S/C9H12O2S3/c1-14(10,11)9-4-2-8(3-5-9)13-7-6-12/h2-5,12H,6-7H2,1H3. The maximum absolute atomic E-state index is 11.1. The first kappa shape index (κ1) is 11.9. The predicted molar refractivity (Wildman–Crippen MR) is 64.1 cm³/mol. The van der Waals surface area contributed by atoms with Crippen LogP contribution in [0.5, 0.6) is 0 Å². The van der Waals surface area contributed by atoms with Crippen LogP contribution < -0.4 is 0 Å². The highest BCUT2D eigenvalue weighted by Crippen LogP contribution is 2.20. The van der Waals surface area contributed by atoms with E-state index in [1.807, 2.05) is 12.1 Å². The molecule has 0 heterocycles. The van der Waals surface area contributed by atoms with Gasteiger partial charge in [-0.25, -0.2) is 8.42 Å².